The molecule has 0 bridgehead atoms. The minimum absolute atomic E-state index is 0.0124. The van der Waals surface area contributed by atoms with Crippen molar-refractivity contribution >= 4 is 61.7 Å². The normalized spacial score (nSPS) is 14.6. The number of nitrogens with zero attached hydrogens (tertiary/aromatic N) is 1. The van der Waals surface area contributed by atoms with Gasteiger partial charge in [-0.05, 0) is 89.3 Å². The molecule has 0 aliphatic carbocycles. The molecule has 0 N–H and O–H groups in total. The molecule has 1 aliphatic rings. The lowest BCUT2D eigenvalue weighted by Gasteiger charge is -2.15. The summed E-state index contributed by atoms with van der Waals surface area (Å²) in [5.41, 5.74) is 1.45. The Balaban J connectivity index is 1.50. The molecule has 204 valence electrons. The van der Waals surface area contributed by atoms with Crippen LogP contribution in [0.1, 0.15) is 11.1 Å². The molecule has 3 aromatic rings. The molecule has 0 unspecified atom stereocenters. The Hall–Kier alpha value is -3.23. The van der Waals surface area contributed by atoms with E-state index in [9.17, 15) is 18.0 Å². The number of imide groups is 1. The van der Waals surface area contributed by atoms with E-state index in [4.69, 9.17) is 18.4 Å². The highest BCUT2D eigenvalue weighted by Crippen LogP contribution is 2.38. The Kier molecular flexibility index (Phi) is 9.08. The van der Waals surface area contributed by atoms with Gasteiger partial charge in [0.25, 0.3) is 11.1 Å². The molecule has 0 saturated carbocycles. The first-order valence-electron chi connectivity index (χ1n) is 11.5. The lowest BCUT2D eigenvalue weighted by molar-refractivity contribution is -0.123. The smallest absolute Gasteiger partial charge is 0.339 e. The zero-order valence-corrected chi connectivity index (χ0v) is 25.0. The van der Waals surface area contributed by atoms with Crippen LogP contribution in [-0.2, 0) is 14.9 Å². The Morgan fingerprint density at radius 3 is 2.28 bits per heavy atom. The van der Waals surface area contributed by atoms with Gasteiger partial charge in [-0.3, -0.25) is 14.5 Å². The van der Waals surface area contributed by atoms with Gasteiger partial charge >= 0.3 is 10.1 Å². The number of thioether (sulfide) groups is 1. The number of carbonyl (C=O) groups is 2. The van der Waals surface area contributed by atoms with E-state index in [-0.39, 0.29) is 34.5 Å². The number of rotatable bonds is 10. The Morgan fingerprint density at radius 2 is 1.62 bits per heavy atom. The van der Waals surface area contributed by atoms with Crippen LogP contribution < -0.4 is 18.4 Å². The summed E-state index contributed by atoms with van der Waals surface area (Å²) >= 11 is 2.74. The molecular weight excluding hydrogens is 657 g/mol. The van der Waals surface area contributed by atoms with Crippen LogP contribution in [0.4, 0.5) is 4.79 Å². The maximum absolute atomic E-state index is 13.0. The van der Waals surface area contributed by atoms with Crippen LogP contribution in [0.2, 0.25) is 0 Å². The summed E-state index contributed by atoms with van der Waals surface area (Å²) in [7, 11) is -1.19. The quantitative estimate of drug-likeness (QED) is 0.156. The van der Waals surface area contributed by atoms with Crippen molar-refractivity contribution in [1.29, 1.82) is 0 Å². The monoisotopic (exact) mass is 681 g/mol. The van der Waals surface area contributed by atoms with E-state index in [0.29, 0.717) is 20.6 Å². The molecule has 3 aromatic carbocycles. The summed E-state index contributed by atoms with van der Waals surface area (Å²) in [6.07, 6.45) is 1.55. The lowest BCUT2D eigenvalue weighted by Crippen LogP contribution is -2.32. The first-order valence-corrected chi connectivity index (χ1v) is 14.8. The zero-order valence-electron chi connectivity index (χ0n) is 21.2. The highest BCUT2D eigenvalue weighted by molar-refractivity contribution is 14.1. The van der Waals surface area contributed by atoms with Crippen LogP contribution in [0.25, 0.3) is 6.08 Å². The Labute approximate surface area is 244 Å². The van der Waals surface area contributed by atoms with Crippen molar-refractivity contribution in [3.05, 3.63) is 80.3 Å². The minimum atomic E-state index is -4.11. The van der Waals surface area contributed by atoms with Gasteiger partial charge in [-0.2, -0.15) is 8.42 Å². The molecule has 2 amide bonds. The summed E-state index contributed by atoms with van der Waals surface area (Å²) in [4.78, 5) is 26.8. The van der Waals surface area contributed by atoms with Crippen LogP contribution in [0, 0.1) is 10.5 Å². The molecule has 1 fully saturated rings. The van der Waals surface area contributed by atoms with E-state index in [1.54, 1.807) is 48.5 Å². The van der Waals surface area contributed by atoms with Gasteiger partial charge in [0.1, 0.15) is 11.5 Å². The van der Waals surface area contributed by atoms with Crippen molar-refractivity contribution in [3.63, 3.8) is 0 Å². The number of hydrogen-bond donors (Lipinski definition) is 0. The van der Waals surface area contributed by atoms with Crippen molar-refractivity contribution in [2.75, 3.05) is 27.4 Å². The third kappa shape index (κ3) is 6.68. The molecule has 0 radical (unpaired) electrons. The average molecular weight is 682 g/mol. The molecule has 4 rings (SSSR count). The van der Waals surface area contributed by atoms with E-state index in [2.05, 4.69) is 0 Å². The summed E-state index contributed by atoms with van der Waals surface area (Å²) in [5, 5.41) is -0.416. The van der Waals surface area contributed by atoms with Crippen molar-refractivity contribution in [1.82, 2.24) is 4.90 Å². The predicted molar refractivity (Wildman–Crippen MR) is 156 cm³/mol. The van der Waals surface area contributed by atoms with E-state index in [1.165, 1.54) is 26.4 Å². The molecule has 1 saturated heterocycles. The molecule has 1 aliphatic heterocycles. The third-order valence-corrected chi connectivity index (χ3v) is 8.51. The topological polar surface area (TPSA) is 108 Å². The zero-order chi connectivity index (χ0) is 28.2. The van der Waals surface area contributed by atoms with Crippen molar-refractivity contribution in [2.45, 2.75) is 11.8 Å². The van der Waals surface area contributed by atoms with Crippen molar-refractivity contribution in [2.24, 2.45) is 0 Å². The van der Waals surface area contributed by atoms with Crippen LogP contribution in [-0.4, -0.2) is 51.8 Å². The van der Waals surface area contributed by atoms with E-state index in [1.807, 2.05) is 35.6 Å². The number of methoxy groups -OCH3 is 2. The summed E-state index contributed by atoms with van der Waals surface area (Å²) in [6, 6.07) is 16.6. The Morgan fingerprint density at radius 1 is 0.949 bits per heavy atom. The minimum Gasteiger partial charge on any atom is -0.493 e. The number of amides is 2. The fourth-order valence-corrected chi connectivity index (χ4v) is 6.30. The number of ether oxygens (including phenoxy) is 3. The number of hydrogen-bond acceptors (Lipinski definition) is 9. The van der Waals surface area contributed by atoms with E-state index < -0.39 is 21.3 Å². The van der Waals surface area contributed by atoms with Gasteiger partial charge in [0.05, 0.1) is 29.2 Å². The summed E-state index contributed by atoms with van der Waals surface area (Å²) in [5.74, 6) is 0.792. The largest absolute Gasteiger partial charge is 0.493 e. The van der Waals surface area contributed by atoms with Gasteiger partial charge in [0.2, 0.25) is 0 Å². The maximum atomic E-state index is 13.0. The molecule has 0 atom stereocenters. The van der Waals surface area contributed by atoms with Gasteiger partial charge in [-0.25, -0.2) is 0 Å². The van der Waals surface area contributed by atoms with E-state index in [0.717, 1.165) is 22.2 Å². The first kappa shape index (κ1) is 28.8. The number of aryl methyl sites for hydroxylation is 1. The number of halogens is 1. The average Bonchev–Trinajstić information content (AvgIpc) is 3.17. The van der Waals surface area contributed by atoms with Crippen LogP contribution >= 0.6 is 34.4 Å². The second kappa shape index (κ2) is 12.3. The number of carbonyl (C=O) groups excluding carboxylic acids is 2. The highest BCUT2D eigenvalue weighted by atomic mass is 127. The highest BCUT2D eigenvalue weighted by Gasteiger charge is 2.35. The van der Waals surface area contributed by atoms with Gasteiger partial charge < -0.3 is 18.4 Å². The summed E-state index contributed by atoms with van der Waals surface area (Å²) in [6.45, 7) is 2.01. The van der Waals surface area contributed by atoms with Gasteiger partial charge in [-0.15, -0.1) is 0 Å². The molecule has 9 nitrogen and oxygen atoms in total. The van der Waals surface area contributed by atoms with Crippen LogP contribution in [0.3, 0.4) is 0 Å². The van der Waals surface area contributed by atoms with Crippen LogP contribution in [0.5, 0.6) is 23.0 Å². The van der Waals surface area contributed by atoms with Crippen molar-refractivity contribution in [3.8, 4) is 23.0 Å². The summed E-state index contributed by atoms with van der Waals surface area (Å²) < 4.78 is 47.8. The lowest BCUT2D eigenvalue weighted by atomic mass is 10.2. The fraction of sp³-hybridized carbons (Fsp3) is 0.185. The van der Waals surface area contributed by atoms with Gasteiger partial charge in [-0.1, -0.05) is 29.8 Å². The molecule has 12 heteroatoms. The second-order valence-corrected chi connectivity index (χ2v) is 11.9. The molecule has 0 spiro atoms. The molecular formula is C27H24INO8S2. The molecule has 0 aromatic heterocycles. The molecule has 39 heavy (non-hydrogen) atoms. The van der Waals surface area contributed by atoms with Crippen molar-refractivity contribution < 1.29 is 36.4 Å². The SMILES string of the molecule is COc1ccccc1OCCN1C(=O)S/C(=C\c2cc(I)c(OS(=O)(=O)c3ccc(C)cc3)c(OC)c2)C1=O. The van der Waals surface area contributed by atoms with Gasteiger partial charge in [0, 0.05) is 0 Å². The number of benzene rings is 3. The second-order valence-electron chi connectivity index (χ2n) is 8.22. The van der Waals surface area contributed by atoms with Crippen LogP contribution in [0.15, 0.2) is 70.5 Å². The fourth-order valence-electron chi connectivity index (χ4n) is 3.60. The molecule has 1 heterocycles. The van der Waals surface area contributed by atoms with Gasteiger partial charge in [0.15, 0.2) is 23.0 Å². The first-order chi connectivity index (χ1) is 18.6. The Bertz CT molecular complexity index is 1540. The van der Waals surface area contributed by atoms with E-state index >= 15 is 0 Å². The maximum Gasteiger partial charge on any atom is 0.339 e. The predicted octanol–water partition coefficient (Wildman–Crippen LogP) is 5.50. The third-order valence-electron chi connectivity index (χ3n) is 5.57. The standard InChI is InChI=1S/C27H24INO8S2/c1-17-8-10-19(11-9-17)39(32,33)37-25-20(28)14-18(15-23(25)35-3)16-24-26(30)29(27(31)38-24)12-13-36-22-7-5-4-6-21(22)34-2/h4-11,14-16H,12-13H2,1-3H3/b24-16-. The number of para-hydroxylation sites is 2.